The molecule has 0 fully saturated rings. The number of ether oxygens (including phenoxy) is 1. The molecule has 0 bridgehead atoms. The minimum atomic E-state index is -0.180. The zero-order valence-corrected chi connectivity index (χ0v) is 14.2. The van der Waals surface area contributed by atoms with Crippen LogP contribution in [0.5, 0.6) is 0 Å². The third-order valence-electron chi connectivity index (χ3n) is 3.18. The van der Waals surface area contributed by atoms with Crippen LogP contribution < -0.4 is 10.2 Å². The van der Waals surface area contributed by atoms with E-state index in [9.17, 15) is 4.79 Å². The van der Waals surface area contributed by atoms with E-state index in [1.165, 1.54) is 11.3 Å². The standard InChI is InChI=1S/C15H20N4O2S/c1-9-12(22-15(17-9)10(2)21-5)14(20)18-11-7-6-8-16-13(11)19(3)4/h6-8,10H,1-5H3,(H,18,20). The van der Waals surface area contributed by atoms with Crippen LogP contribution in [0.15, 0.2) is 18.3 Å². The molecule has 0 aromatic carbocycles. The summed E-state index contributed by atoms with van der Waals surface area (Å²) in [6.45, 7) is 3.73. The fraction of sp³-hybridized carbons (Fsp3) is 0.400. The van der Waals surface area contributed by atoms with Gasteiger partial charge in [-0.2, -0.15) is 0 Å². The molecule has 1 amide bonds. The summed E-state index contributed by atoms with van der Waals surface area (Å²) < 4.78 is 5.25. The highest BCUT2D eigenvalue weighted by Crippen LogP contribution is 2.27. The normalized spacial score (nSPS) is 12.0. The predicted molar refractivity (Wildman–Crippen MR) is 88.8 cm³/mol. The lowest BCUT2D eigenvalue weighted by Crippen LogP contribution is -2.17. The number of methoxy groups -OCH3 is 1. The van der Waals surface area contributed by atoms with Crippen molar-refractivity contribution >= 4 is 28.7 Å². The van der Waals surface area contributed by atoms with E-state index in [1.54, 1.807) is 19.4 Å². The molecule has 1 unspecified atom stereocenters. The van der Waals surface area contributed by atoms with Gasteiger partial charge in [0.1, 0.15) is 16.0 Å². The van der Waals surface area contributed by atoms with E-state index in [4.69, 9.17) is 4.74 Å². The van der Waals surface area contributed by atoms with E-state index < -0.39 is 0 Å². The first-order valence-electron chi connectivity index (χ1n) is 6.87. The molecule has 0 saturated heterocycles. The third-order valence-corrected chi connectivity index (χ3v) is 4.50. The minimum absolute atomic E-state index is 0.124. The molecule has 0 radical (unpaired) electrons. The number of rotatable bonds is 5. The summed E-state index contributed by atoms with van der Waals surface area (Å²) in [5.41, 5.74) is 1.38. The van der Waals surface area contributed by atoms with Crippen LogP contribution in [-0.2, 0) is 4.74 Å². The molecule has 1 N–H and O–H groups in total. The average Bonchev–Trinajstić information content (AvgIpc) is 2.88. The molecule has 22 heavy (non-hydrogen) atoms. The number of nitrogens with one attached hydrogen (secondary N) is 1. The number of aryl methyl sites for hydroxylation is 1. The highest BCUT2D eigenvalue weighted by molar-refractivity contribution is 7.14. The van der Waals surface area contributed by atoms with Crippen LogP contribution in [0.25, 0.3) is 0 Å². The van der Waals surface area contributed by atoms with Crippen molar-refractivity contribution in [3.63, 3.8) is 0 Å². The largest absolute Gasteiger partial charge is 0.375 e. The van der Waals surface area contributed by atoms with Gasteiger partial charge in [-0.15, -0.1) is 11.3 Å². The molecule has 2 aromatic rings. The van der Waals surface area contributed by atoms with Crippen molar-refractivity contribution in [1.82, 2.24) is 9.97 Å². The number of carbonyl (C=O) groups excluding carboxylic acids is 1. The van der Waals surface area contributed by atoms with Crippen LogP contribution in [0.2, 0.25) is 0 Å². The molecule has 2 heterocycles. The molecule has 2 rings (SSSR count). The van der Waals surface area contributed by atoms with Crippen molar-refractivity contribution in [2.45, 2.75) is 20.0 Å². The minimum Gasteiger partial charge on any atom is -0.375 e. The summed E-state index contributed by atoms with van der Waals surface area (Å²) >= 11 is 1.35. The first kappa shape index (κ1) is 16.4. The highest BCUT2D eigenvalue weighted by Gasteiger charge is 2.19. The van der Waals surface area contributed by atoms with E-state index in [1.807, 2.05) is 38.9 Å². The van der Waals surface area contributed by atoms with E-state index in [2.05, 4.69) is 15.3 Å². The van der Waals surface area contributed by atoms with Crippen LogP contribution in [0.4, 0.5) is 11.5 Å². The first-order valence-corrected chi connectivity index (χ1v) is 7.69. The second kappa shape index (κ2) is 6.85. The number of nitrogens with zero attached hydrogens (tertiary/aromatic N) is 3. The van der Waals surface area contributed by atoms with Gasteiger partial charge >= 0.3 is 0 Å². The molecule has 7 heteroatoms. The lowest BCUT2D eigenvalue weighted by atomic mass is 10.3. The maximum absolute atomic E-state index is 12.5. The van der Waals surface area contributed by atoms with Gasteiger partial charge in [0.25, 0.3) is 5.91 Å². The maximum Gasteiger partial charge on any atom is 0.267 e. The number of carbonyl (C=O) groups is 1. The zero-order valence-electron chi connectivity index (χ0n) is 13.4. The Morgan fingerprint density at radius 1 is 1.45 bits per heavy atom. The van der Waals surface area contributed by atoms with Crippen molar-refractivity contribution in [2.24, 2.45) is 0 Å². The van der Waals surface area contributed by atoms with Crippen molar-refractivity contribution in [3.8, 4) is 0 Å². The van der Waals surface area contributed by atoms with Gasteiger partial charge in [-0.25, -0.2) is 9.97 Å². The summed E-state index contributed by atoms with van der Waals surface area (Å²) in [5.74, 6) is 0.532. The number of hydrogen-bond acceptors (Lipinski definition) is 6. The van der Waals surface area contributed by atoms with Gasteiger partial charge in [-0.3, -0.25) is 4.79 Å². The first-order chi connectivity index (χ1) is 10.4. The smallest absolute Gasteiger partial charge is 0.267 e. The number of thiazole rings is 1. The Labute approximate surface area is 134 Å². The quantitative estimate of drug-likeness (QED) is 0.917. The van der Waals surface area contributed by atoms with Gasteiger partial charge in [-0.05, 0) is 26.0 Å². The van der Waals surface area contributed by atoms with E-state index >= 15 is 0 Å². The van der Waals surface area contributed by atoms with E-state index in [-0.39, 0.29) is 12.0 Å². The van der Waals surface area contributed by atoms with Gasteiger partial charge in [0.05, 0.1) is 11.4 Å². The average molecular weight is 320 g/mol. The Hall–Kier alpha value is -1.99. The Bertz CT molecular complexity index is 669. The number of pyridine rings is 1. The number of aromatic nitrogens is 2. The van der Waals surface area contributed by atoms with Crippen molar-refractivity contribution in [1.29, 1.82) is 0 Å². The number of amides is 1. The lowest BCUT2D eigenvalue weighted by molar-refractivity contribution is 0.103. The van der Waals surface area contributed by atoms with Crippen molar-refractivity contribution < 1.29 is 9.53 Å². The van der Waals surface area contributed by atoms with Crippen LogP contribution in [0.3, 0.4) is 0 Å². The second-order valence-corrected chi connectivity index (χ2v) is 6.10. The molecule has 1 atom stereocenters. The molecule has 118 valence electrons. The molecular weight excluding hydrogens is 300 g/mol. The number of anilines is 2. The Morgan fingerprint density at radius 3 is 2.82 bits per heavy atom. The van der Waals surface area contributed by atoms with E-state index in [0.717, 1.165) is 5.01 Å². The molecular formula is C15H20N4O2S. The van der Waals surface area contributed by atoms with Crippen LogP contribution in [0, 0.1) is 6.92 Å². The molecule has 0 saturated carbocycles. The molecule has 0 aliphatic carbocycles. The Kier molecular flexibility index (Phi) is 5.10. The summed E-state index contributed by atoms with van der Waals surface area (Å²) in [6, 6.07) is 3.62. The Balaban J connectivity index is 2.25. The van der Waals surface area contributed by atoms with Crippen molar-refractivity contribution in [3.05, 3.63) is 33.9 Å². The molecule has 0 aliphatic rings. The fourth-order valence-corrected chi connectivity index (χ4v) is 2.92. The molecule has 2 aromatic heterocycles. The summed E-state index contributed by atoms with van der Waals surface area (Å²) in [7, 11) is 5.39. The van der Waals surface area contributed by atoms with Gasteiger partial charge in [-0.1, -0.05) is 0 Å². The topological polar surface area (TPSA) is 67.3 Å². The van der Waals surface area contributed by atoms with Gasteiger partial charge in [0.2, 0.25) is 0 Å². The summed E-state index contributed by atoms with van der Waals surface area (Å²) in [4.78, 5) is 23.6. The van der Waals surface area contributed by atoms with E-state index in [0.29, 0.717) is 22.1 Å². The molecule has 0 spiro atoms. The van der Waals surface area contributed by atoms with Gasteiger partial charge in [0, 0.05) is 27.4 Å². The predicted octanol–water partition coefficient (Wildman–Crippen LogP) is 2.87. The van der Waals surface area contributed by atoms with Gasteiger partial charge < -0.3 is 15.0 Å². The fourth-order valence-electron chi connectivity index (χ4n) is 1.93. The Morgan fingerprint density at radius 2 is 2.18 bits per heavy atom. The summed E-state index contributed by atoms with van der Waals surface area (Å²) in [6.07, 6.45) is 1.57. The van der Waals surface area contributed by atoms with Gasteiger partial charge in [0.15, 0.2) is 5.82 Å². The molecule has 6 nitrogen and oxygen atoms in total. The van der Waals surface area contributed by atoms with Crippen molar-refractivity contribution in [2.75, 3.05) is 31.4 Å². The summed E-state index contributed by atoms with van der Waals surface area (Å²) in [5, 5.41) is 3.70. The zero-order chi connectivity index (χ0) is 16.3. The van der Waals surface area contributed by atoms with Crippen LogP contribution >= 0.6 is 11.3 Å². The number of hydrogen-bond donors (Lipinski definition) is 1. The third kappa shape index (κ3) is 3.42. The lowest BCUT2D eigenvalue weighted by Gasteiger charge is -2.15. The highest BCUT2D eigenvalue weighted by atomic mass is 32.1. The van der Waals surface area contributed by atoms with Crippen LogP contribution in [-0.4, -0.2) is 37.1 Å². The maximum atomic E-state index is 12.5. The molecule has 0 aliphatic heterocycles. The van der Waals surface area contributed by atoms with Crippen LogP contribution in [0.1, 0.15) is 33.4 Å². The SMILES string of the molecule is COC(C)c1nc(C)c(C(=O)Nc2cccnc2N(C)C)s1. The monoisotopic (exact) mass is 320 g/mol. The second-order valence-electron chi connectivity index (χ2n) is 5.07.